The molecule has 0 radical (unpaired) electrons. The van der Waals surface area contributed by atoms with Crippen molar-refractivity contribution in [2.24, 2.45) is 10.2 Å². The third-order valence-electron chi connectivity index (χ3n) is 5.61. The van der Waals surface area contributed by atoms with Crippen LogP contribution in [0.4, 0.5) is 0 Å². The van der Waals surface area contributed by atoms with Crippen molar-refractivity contribution in [3.05, 3.63) is 111 Å². The van der Waals surface area contributed by atoms with Gasteiger partial charge in [-0.15, -0.1) is 0 Å². The van der Waals surface area contributed by atoms with Gasteiger partial charge in [-0.25, -0.2) is 28.5 Å². The standard InChI is InChI=1S/C26H17Cl2N5O5S/c27-16-5-3-4-15(12-16)22-13-21(32-33(22)17-8-10-18(11-9-17)39(29,36)37)25(34)31-30-14-20-24(28)19-6-1-2-7-23(19)38-26(20)35/h1-14H,(H,31,34)(H2,29,36,37)/b30-14+. The van der Waals surface area contributed by atoms with Crippen LogP contribution in [0.1, 0.15) is 16.1 Å². The number of hydrogen-bond acceptors (Lipinski definition) is 7. The van der Waals surface area contributed by atoms with E-state index in [0.29, 0.717) is 32.9 Å². The van der Waals surface area contributed by atoms with Crippen molar-refractivity contribution in [3.63, 3.8) is 0 Å². The third-order valence-corrected chi connectivity index (χ3v) is 7.19. The van der Waals surface area contributed by atoms with Gasteiger partial charge in [-0.3, -0.25) is 4.79 Å². The smallest absolute Gasteiger partial charge is 0.346 e. The van der Waals surface area contributed by atoms with E-state index in [9.17, 15) is 18.0 Å². The fourth-order valence-electron chi connectivity index (χ4n) is 3.77. The van der Waals surface area contributed by atoms with E-state index in [0.717, 1.165) is 6.21 Å². The molecule has 5 rings (SSSR count). The second-order valence-corrected chi connectivity index (χ2v) is 10.6. The highest BCUT2D eigenvalue weighted by molar-refractivity contribution is 7.89. The molecule has 5 aromatic rings. The number of fused-ring (bicyclic) bond motifs is 1. The number of para-hydroxylation sites is 1. The molecule has 2 aromatic heterocycles. The Morgan fingerprint density at radius 1 is 1.03 bits per heavy atom. The normalized spacial score (nSPS) is 11.8. The summed E-state index contributed by atoms with van der Waals surface area (Å²) in [5.74, 6) is -0.685. The van der Waals surface area contributed by atoms with Crippen molar-refractivity contribution in [2.75, 3.05) is 0 Å². The van der Waals surface area contributed by atoms with E-state index in [1.807, 2.05) is 0 Å². The Balaban J connectivity index is 1.48. The van der Waals surface area contributed by atoms with Crippen LogP contribution in [0, 0.1) is 0 Å². The molecule has 0 bridgehead atoms. The molecule has 196 valence electrons. The highest BCUT2D eigenvalue weighted by Crippen LogP contribution is 2.27. The number of hydrazone groups is 1. The number of amides is 1. The molecule has 0 saturated carbocycles. The minimum Gasteiger partial charge on any atom is -0.422 e. The molecule has 0 fully saturated rings. The summed E-state index contributed by atoms with van der Waals surface area (Å²) < 4.78 is 30.0. The average Bonchev–Trinajstić information content (AvgIpc) is 3.36. The summed E-state index contributed by atoms with van der Waals surface area (Å²) in [6.45, 7) is 0. The van der Waals surface area contributed by atoms with Crippen LogP contribution < -0.4 is 16.2 Å². The Labute approximate surface area is 231 Å². The largest absolute Gasteiger partial charge is 0.422 e. The zero-order valence-electron chi connectivity index (χ0n) is 19.7. The van der Waals surface area contributed by atoms with Crippen molar-refractivity contribution in [1.29, 1.82) is 0 Å². The van der Waals surface area contributed by atoms with Crippen LogP contribution in [0.25, 0.3) is 27.9 Å². The number of nitrogens with two attached hydrogens (primary N) is 1. The maximum atomic E-state index is 12.9. The molecular formula is C26H17Cl2N5O5S. The first kappa shape index (κ1) is 26.3. The zero-order valence-corrected chi connectivity index (χ0v) is 22.0. The first-order valence-electron chi connectivity index (χ1n) is 11.2. The SMILES string of the molecule is NS(=O)(=O)c1ccc(-n2nc(C(=O)N/N=C/c3c(Cl)c4ccccc4oc3=O)cc2-c2cccc(Cl)c2)cc1. The van der Waals surface area contributed by atoms with E-state index in [2.05, 4.69) is 15.6 Å². The van der Waals surface area contributed by atoms with Gasteiger partial charge in [0.2, 0.25) is 10.0 Å². The van der Waals surface area contributed by atoms with E-state index >= 15 is 0 Å². The lowest BCUT2D eigenvalue weighted by atomic mass is 10.1. The molecule has 39 heavy (non-hydrogen) atoms. The van der Waals surface area contributed by atoms with Crippen LogP contribution in [0.5, 0.6) is 0 Å². The van der Waals surface area contributed by atoms with Crippen molar-refractivity contribution in [3.8, 4) is 16.9 Å². The summed E-state index contributed by atoms with van der Waals surface area (Å²) in [6, 6.07) is 20.8. The van der Waals surface area contributed by atoms with Crippen LogP contribution in [-0.2, 0) is 10.0 Å². The van der Waals surface area contributed by atoms with Crippen molar-refractivity contribution >= 4 is 56.3 Å². The molecule has 0 unspecified atom stereocenters. The molecule has 10 nitrogen and oxygen atoms in total. The number of primary sulfonamides is 1. The lowest BCUT2D eigenvalue weighted by Gasteiger charge is -2.08. The molecule has 13 heteroatoms. The molecule has 2 heterocycles. The average molecular weight is 582 g/mol. The molecule has 3 aromatic carbocycles. The third kappa shape index (κ3) is 5.47. The number of carbonyl (C=O) groups excluding carboxylic acids is 1. The Hall–Kier alpha value is -4.29. The fraction of sp³-hybridized carbons (Fsp3) is 0. The van der Waals surface area contributed by atoms with Gasteiger partial charge >= 0.3 is 5.63 Å². The summed E-state index contributed by atoms with van der Waals surface area (Å²) >= 11 is 12.5. The van der Waals surface area contributed by atoms with Crippen molar-refractivity contribution < 1.29 is 17.6 Å². The highest BCUT2D eigenvalue weighted by atomic mass is 35.5. The molecule has 1 amide bonds. The first-order chi connectivity index (χ1) is 18.6. The molecule has 0 aliphatic carbocycles. The number of aromatic nitrogens is 2. The topological polar surface area (TPSA) is 150 Å². The summed E-state index contributed by atoms with van der Waals surface area (Å²) in [4.78, 5) is 25.2. The van der Waals surface area contributed by atoms with Crippen LogP contribution in [-0.4, -0.2) is 30.3 Å². The van der Waals surface area contributed by atoms with E-state index in [-0.39, 0.29) is 21.2 Å². The molecule has 0 atom stereocenters. The van der Waals surface area contributed by atoms with Crippen molar-refractivity contribution in [1.82, 2.24) is 15.2 Å². The van der Waals surface area contributed by atoms with Crippen LogP contribution in [0.3, 0.4) is 0 Å². The molecule has 0 spiro atoms. The summed E-state index contributed by atoms with van der Waals surface area (Å²) in [7, 11) is -3.90. The second kappa shape index (κ2) is 10.5. The Morgan fingerprint density at radius 3 is 2.49 bits per heavy atom. The number of carbonyl (C=O) groups is 1. The maximum absolute atomic E-state index is 12.9. The Morgan fingerprint density at radius 2 is 1.77 bits per heavy atom. The Bertz CT molecular complexity index is 1930. The van der Waals surface area contributed by atoms with Crippen LogP contribution in [0.15, 0.2) is 98.1 Å². The minimum atomic E-state index is -3.90. The quantitative estimate of drug-likeness (QED) is 0.173. The molecule has 3 N–H and O–H groups in total. The second-order valence-electron chi connectivity index (χ2n) is 8.19. The number of nitrogens with one attached hydrogen (secondary N) is 1. The van der Waals surface area contributed by atoms with Gasteiger partial charge in [0, 0.05) is 16.0 Å². The molecule has 0 aliphatic heterocycles. The predicted molar refractivity (Wildman–Crippen MR) is 148 cm³/mol. The van der Waals surface area contributed by atoms with Gasteiger partial charge in [0.1, 0.15) is 5.58 Å². The zero-order chi connectivity index (χ0) is 27.7. The summed E-state index contributed by atoms with van der Waals surface area (Å²) in [5, 5.41) is 14.6. The van der Waals surface area contributed by atoms with Gasteiger partial charge in [0.15, 0.2) is 5.69 Å². The van der Waals surface area contributed by atoms with Gasteiger partial charge in [-0.2, -0.15) is 10.2 Å². The van der Waals surface area contributed by atoms with Gasteiger partial charge in [0.25, 0.3) is 5.91 Å². The number of hydrogen-bond donors (Lipinski definition) is 2. The highest BCUT2D eigenvalue weighted by Gasteiger charge is 2.18. The number of benzene rings is 3. The van der Waals surface area contributed by atoms with Gasteiger partial charge in [0.05, 0.1) is 33.1 Å². The first-order valence-corrected chi connectivity index (χ1v) is 13.5. The molecule has 0 saturated heterocycles. The van der Waals surface area contributed by atoms with Crippen LogP contribution >= 0.6 is 23.2 Å². The minimum absolute atomic E-state index is 0.0192. The summed E-state index contributed by atoms with van der Waals surface area (Å²) in [6.07, 6.45) is 1.10. The molecular weight excluding hydrogens is 565 g/mol. The predicted octanol–water partition coefficient (Wildman–Crippen LogP) is 4.36. The van der Waals surface area contributed by atoms with E-state index < -0.39 is 21.6 Å². The fourth-order valence-corrected chi connectivity index (χ4v) is 4.76. The lowest BCUT2D eigenvalue weighted by molar-refractivity contribution is 0.0949. The Kier molecular flexibility index (Phi) is 7.06. The maximum Gasteiger partial charge on any atom is 0.346 e. The molecule has 0 aliphatic rings. The van der Waals surface area contributed by atoms with E-state index in [4.69, 9.17) is 32.8 Å². The van der Waals surface area contributed by atoms with Crippen LogP contribution in [0.2, 0.25) is 10.0 Å². The monoisotopic (exact) mass is 581 g/mol. The van der Waals surface area contributed by atoms with Crippen molar-refractivity contribution in [2.45, 2.75) is 4.90 Å². The van der Waals surface area contributed by atoms with Gasteiger partial charge in [-0.05, 0) is 54.6 Å². The van der Waals surface area contributed by atoms with Gasteiger partial charge in [-0.1, -0.05) is 47.5 Å². The van der Waals surface area contributed by atoms with Gasteiger partial charge < -0.3 is 4.42 Å². The lowest BCUT2D eigenvalue weighted by Crippen LogP contribution is -2.19. The number of rotatable bonds is 6. The summed E-state index contributed by atoms with van der Waals surface area (Å²) in [5.41, 5.74) is 3.48. The number of sulfonamides is 1. The number of nitrogens with zero attached hydrogens (tertiary/aromatic N) is 3. The van der Waals surface area contributed by atoms with E-state index in [1.54, 1.807) is 48.5 Å². The number of halogens is 2. The van der Waals surface area contributed by atoms with E-state index in [1.165, 1.54) is 35.0 Å².